The Bertz CT molecular complexity index is 324. The lowest BCUT2D eigenvalue weighted by atomic mass is 9.92. The van der Waals surface area contributed by atoms with E-state index in [2.05, 4.69) is 16.9 Å². The van der Waals surface area contributed by atoms with Crippen LogP contribution in [-0.2, 0) is 16.0 Å². The molecule has 1 aromatic carbocycles. The highest BCUT2D eigenvalue weighted by atomic mass is 16.5. The standard InChI is InChI=1S/C14H21NO2/c1-17-14(16)8-7-13(9-10-15)11-12-5-3-2-4-6-12/h2-6,13H,7-11,15H2,1H3/t13-/m0/s1. The summed E-state index contributed by atoms with van der Waals surface area (Å²) >= 11 is 0. The molecule has 17 heavy (non-hydrogen) atoms. The molecular formula is C14H21NO2. The lowest BCUT2D eigenvalue weighted by molar-refractivity contribution is -0.140. The van der Waals surface area contributed by atoms with E-state index in [9.17, 15) is 4.79 Å². The average molecular weight is 235 g/mol. The Labute approximate surface area is 103 Å². The van der Waals surface area contributed by atoms with Gasteiger partial charge in [-0.25, -0.2) is 0 Å². The van der Waals surface area contributed by atoms with E-state index in [-0.39, 0.29) is 5.97 Å². The predicted octanol–water partition coefficient (Wildman–Crippen LogP) is 2.15. The van der Waals surface area contributed by atoms with Crippen LogP contribution in [-0.4, -0.2) is 19.6 Å². The molecule has 1 rings (SSSR count). The van der Waals surface area contributed by atoms with Gasteiger partial charge in [-0.3, -0.25) is 4.79 Å². The number of carbonyl (C=O) groups excluding carboxylic acids is 1. The summed E-state index contributed by atoms with van der Waals surface area (Å²) in [6.45, 7) is 0.665. The van der Waals surface area contributed by atoms with Gasteiger partial charge in [0.1, 0.15) is 0 Å². The molecule has 0 spiro atoms. The van der Waals surface area contributed by atoms with Crippen molar-refractivity contribution in [1.29, 1.82) is 0 Å². The number of benzene rings is 1. The van der Waals surface area contributed by atoms with Crippen molar-refractivity contribution in [3.63, 3.8) is 0 Å². The van der Waals surface area contributed by atoms with Crippen LogP contribution >= 0.6 is 0 Å². The second kappa shape index (κ2) is 7.85. The number of hydrogen-bond acceptors (Lipinski definition) is 3. The van der Waals surface area contributed by atoms with E-state index >= 15 is 0 Å². The maximum Gasteiger partial charge on any atom is 0.305 e. The third-order valence-corrected chi connectivity index (χ3v) is 2.93. The third kappa shape index (κ3) is 5.50. The van der Waals surface area contributed by atoms with Gasteiger partial charge >= 0.3 is 5.97 Å². The molecule has 0 heterocycles. The molecule has 3 heteroatoms. The zero-order valence-electron chi connectivity index (χ0n) is 10.4. The summed E-state index contributed by atoms with van der Waals surface area (Å²) in [6.07, 6.45) is 3.26. The first kappa shape index (κ1) is 13.7. The topological polar surface area (TPSA) is 52.3 Å². The Morgan fingerprint density at radius 1 is 1.29 bits per heavy atom. The van der Waals surface area contributed by atoms with Crippen LogP contribution in [0.4, 0.5) is 0 Å². The normalized spacial score (nSPS) is 12.1. The lowest BCUT2D eigenvalue weighted by Gasteiger charge is -2.15. The first-order valence-electron chi connectivity index (χ1n) is 6.07. The molecule has 94 valence electrons. The quantitative estimate of drug-likeness (QED) is 0.737. The molecule has 0 bridgehead atoms. The zero-order chi connectivity index (χ0) is 12.5. The monoisotopic (exact) mass is 235 g/mol. The van der Waals surface area contributed by atoms with Crippen LogP contribution in [0.15, 0.2) is 30.3 Å². The van der Waals surface area contributed by atoms with Crippen LogP contribution in [0.3, 0.4) is 0 Å². The number of esters is 1. The first-order valence-corrected chi connectivity index (χ1v) is 6.07. The molecule has 0 aliphatic heterocycles. The SMILES string of the molecule is COC(=O)CC[C@@H](CCN)Cc1ccccc1. The van der Waals surface area contributed by atoms with Crippen molar-refractivity contribution in [2.24, 2.45) is 11.7 Å². The number of carbonyl (C=O) groups is 1. The maximum atomic E-state index is 11.1. The van der Waals surface area contributed by atoms with Gasteiger partial charge in [0.15, 0.2) is 0 Å². The van der Waals surface area contributed by atoms with Crippen LogP contribution in [0.1, 0.15) is 24.8 Å². The zero-order valence-corrected chi connectivity index (χ0v) is 10.4. The molecule has 0 aromatic heterocycles. The van der Waals surface area contributed by atoms with E-state index in [0.717, 1.165) is 19.3 Å². The minimum absolute atomic E-state index is 0.139. The fraction of sp³-hybridized carbons (Fsp3) is 0.500. The van der Waals surface area contributed by atoms with Crippen molar-refractivity contribution in [3.8, 4) is 0 Å². The van der Waals surface area contributed by atoms with Crippen molar-refractivity contribution in [2.45, 2.75) is 25.7 Å². The number of ether oxygens (including phenoxy) is 1. The van der Waals surface area contributed by atoms with Crippen molar-refractivity contribution in [2.75, 3.05) is 13.7 Å². The molecule has 0 unspecified atom stereocenters. The second-order valence-corrected chi connectivity index (χ2v) is 4.25. The Morgan fingerprint density at radius 3 is 2.59 bits per heavy atom. The summed E-state index contributed by atoms with van der Waals surface area (Å²) in [6, 6.07) is 10.3. The molecule has 1 aromatic rings. The van der Waals surface area contributed by atoms with Crippen LogP contribution < -0.4 is 5.73 Å². The fourth-order valence-electron chi connectivity index (χ4n) is 1.96. The molecule has 0 saturated carbocycles. The van der Waals surface area contributed by atoms with Gasteiger partial charge in [-0.1, -0.05) is 30.3 Å². The minimum atomic E-state index is -0.139. The summed E-state index contributed by atoms with van der Waals surface area (Å²) in [7, 11) is 1.43. The van der Waals surface area contributed by atoms with Gasteiger partial charge in [-0.15, -0.1) is 0 Å². The van der Waals surface area contributed by atoms with E-state index in [0.29, 0.717) is 18.9 Å². The smallest absolute Gasteiger partial charge is 0.305 e. The van der Waals surface area contributed by atoms with Gasteiger partial charge in [0, 0.05) is 6.42 Å². The summed E-state index contributed by atoms with van der Waals surface area (Å²) < 4.78 is 4.66. The van der Waals surface area contributed by atoms with Gasteiger partial charge < -0.3 is 10.5 Å². The highest BCUT2D eigenvalue weighted by molar-refractivity contribution is 5.69. The fourth-order valence-corrected chi connectivity index (χ4v) is 1.96. The van der Waals surface area contributed by atoms with Gasteiger partial charge in [0.25, 0.3) is 0 Å². The van der Waals surface area contributed by atoms with Crippen molar-refractivity contribution in [3.05, 3.63) is 35.9 Å². The maximum absolute atomic E-state index is 11.1. The van der Waals surface area contributed by atoms with E-state index < -0.39 is 0 Å². The average Bonchev–Trinajstić information content (AvgIpc) is 2.37. The molecule has 2 N–H and O–H groups in total. The van der Waals surface area contributed by atoms with Gasteiger partial charge in [-0.2, -0.15) is 0 Å². The third-order valence-electron chi connectivity index (χ3n) is 2.93. The highest BCUT2D eigenvalue weighted by Gasteiger charge is 2.11. The molecule has 3 nitrogen and oxygen atoms in total. The Morgan fingerprint density at radius 2 is 2.00 bits per heavy atom. The summed E-state index contributed by atoms with van der Waals surface area (Å²) in [4.78, 5) is 11.1. The summed E-state index contributed by atoms with van der Waals surface area (Å²) in [5.41, 5.74) is 6.91. The molecular weight excluding hydrogens is 214 g/mol. The second-order valence-electron chi connectivity index (χ2n) is 4.25. The molecule has 0 amide bonds. The molecule has 0 saturated heterocycles. The van der Waals surface area contributed by atoms with Crippen molar-refractivity contribution >= 4 is 5.97 Å². The van der Waals surface area contributed by atoms with Crippen molar-refractivity contribution < 1.29 is 9.53 Å². The van der Waals surface area contributed by atoms with Crippen LogP contribution in [0, 0.1) is 5.92 Å². The minimum Gasteiger partial charge on any atom is -0.469 e. The predicted molar refractivity (Wildman–Crippen MR) is 68.6 cm³/mol. The number of nitrogens with two attached hydrogens (primary N) is 1. The Kier molecular flexibility index (Phi) is 6.33. The van der Waals surface area contributed by atoms with E-state index in [1.807, 2.05) is 18.2 Å². The van der Waals surface area contributed by atoms with E-state index in [1.54, 1.807) is 0 Å². The number of hydrogen-bond donors (Lipinski definition) is 1. The molecule has 0 fully saturated rings. The molecule has 0 aliphatic rings. The van der Waals surface area contributed by atoms with Crippen LogP contribution in [0.25, 0.3) is 0 Å². The van der Waals surface area contributed by atoms with Crippen LogP contribution in [0.2, 0.25) is 0 Å². The van der Waals surface area contributed by atoms with Gasteiger partial charge in [0.2, 0.25) is 0 Å². The number of rotatable bonds is 7. The largest absolute Gasteiger partial charge is 0.469 e. The van der Waals surface area contributed by atoms with E-state index in [4.69, 9.17) is 5.73 Å². The van der Waals surface area contributed by atoms with E-state index in [1.165, 1.54) is 12.7 Å². The van der Waals surface area contributed by atoms with Crippen molar-refractivity contribution in [1.82, 2.24) is 0 Å². The number of methoxy groups -OCH3 is 1. The van der Waals surface area contributed by atoms with Crippen LogP contribution in [0.5, 0.6) is 0 Å². The first-order chi connectivity index (χ1) is 8.26. The van der Waals surface area contributed by atoms with Gasteiger partial charge in [-0.05, 0) is 37.3 Å². The van der Waals surface area contributed by atoms with Gasteiger partial charge in [0.05, 0.1) is 7.11 Å². The molecule has 1 atom stereocenters. The lowest BCUT2D eigenvalue weighted by Crippen LogP contribution is -2.13. The summed E-state index contributed by atoms with van der Waals surface area (Å²) in [5.74, 6) is 0.321. The Balaban J connectivity index is 2.45. The molecule has 0 radical (unpaired) electrons. The highest BCUT2D eigenvalue weighted by Crippen LogP contribution is 2.17. The summed E-state index contributed by atoms with van der Waals surface area (Å²) in [5, 5.41) is 0. The molecule has 0 aliphatic carbocycles. The Hall–Kier alpha value is -1.35.